The van der Waals surface area contributed by atoms with Gasteiger partial charge in [0.2, 0.25) is 0 Å². The van der Waals surface area contributed by atoms with Crippen molar-refractivity contribution in [1.29, 1.82) is 5.26 Å². The van der Waals surface area contributed by atoms with Crippen LogP contribution in [0.1, 0.15) is 5.56 Å². The Hall–Kier alpha value is -2.29. The molecule has 0 radical (unpaired) electrons. The summed E-state index contributed by atoms with van der Waals surface area (Å²) in [4.78, 5) is 12.1. The third-order valence-electron chi connectivity index (χ3n) is 3.01. The molecule has 0 saturated carbocycles. The first-order valence-corrected chi connectivity index (χ1v) is 7.86. The van der Waals surface area contributed by atoms with Gasteiger partial charge in [0, 0.05) is 27.1 Å². The molecule has 0 aliphatic rings. The van der Waals surface area contributed by atoms with Crippen LogP contribution in [-0.4, -0.2) is 5.91 Å². The maximum atomic E-state index is 12.1. The zero-order valence-corrected chi connectivity index (χ0v) is 14.6. The fourth-order valence-electron chi connectivity index (χ4n) is 1.85. The summed E-state index contributed by atoms with van der Waals surface area (Å²) in [6, 6.07) is 14.3. The Morgan fingerprint density at radius 1 is 1.30 bits per heavy atom. The first kappa shape index (κ1) is 17.1. The summed E-state index contributed by atoms with van der Waals surface area (Å²) in [5, 5.41) is 15.3. The summed E-state index contributed by atoms with van der Waals surface area (Å²) >= 11 is 9.25. The van der Waals surface area contributed by atoms with Gasteiger partial charge in [0.05, 0.1) is 0 Å². The lowest BCUT2D eigenvalue weighted by atomic mass is 10.2. The Kier molecular flexibility index (Phi) is 5.80. The standard InChI is InChI=1S/C17H13BrClN3O/c1-11-7-13(18)5-6-16(11)21-10-12(9-20)17(23)22-15-4-2-3-14(19)8-15/h2-8,10,21H,1H3,(H,22,23)/b12-10-. The molecule has 2 aromatic rings. The molecule has 116 valence electrons. The second kappa shape index (κ2) is 7.82. The smallest absolute Gasteiger partial charge is 0.267 e. The minimum atomic E-state index is -0.503. The molecule has 0 aromatic heterocycles. The number of amides is 1. The zero-order chi connectivity index (χ0) is 16.8. The quantitative estimate of drug-likeness (QED) is 0.578. The Balaban J connectivity index is 2.12. The number of benzene rings is 2. The van der Waals surface area contributed by atoms with E-state index in [1.165, 1.54) is 6.20 Å². The van der Waals surface area contributed by atoms with Gasteiger partial charge in [0.15, 0.2) is 0 Å². The van der Waals surface area contributed by atoms with Crippen molar-refractivity contribution < 1.29 is 4.79 Å². The molecule has 23 heavy (non-hydrogen) atoms. The molecule has 0 atom stereocenters. The highest BCUT2D eigenvalue weighted by Gasteiger charge is 2.09. The summed E-state index contributed by atoms with van der Waals surface area (Å²) in [6.45, 7) is 1.93. The highest BCUT2D eigenvalue weighted by atomic mass is 79.9. The predicted octanol–water partition coefficient (Wildman–Crippen LogP) is 4.87. The van der Waals surface area contributed by atoms with Crippen LogP contribution in [0.3, 0.4) is 0 Å². The number of anilines is 2. The number of rotatable bonds is 4. The average molecular weight is 391 g/mol. The molecule has 6 heteroatoms. The summed E-state index contributed by atoms with van der Waals surface area (Å²) in [5.74, 6) is -0.503. The van der Waals surface area contributed by atoms with Crippen molar-refractivity contribution in [2.45, 2.75) is 6.92 Å². The number of aryl methyl sites for hydroxylation is 1. The van der Waals surface area contributed by atoms with Crippen LogP contribution in [0.5, 0.6) is 0 Å². The highest BCUT2D eigenvalue weighted by Crippen LogP contribution is 2.20. The van der Waals surface area contributed by atoms with Crippen molar-refractivity contribution in [3.05, 3.63) is 69.3 Å². The largest absolute Gasteiger partial charge is 0.360 e. The molecule has 2 aromatic carbocycles. The van der Waals surface area contributed by atoms with Crippen molar-refractivity contribution >= 4 is 44.8 Å². The minimum Gasteiger partial charge on any atom is -0.360 e. The second-order valence-corrected chi connectivity index (χ2v) is 6.09. The molecule has 1 amide bonds. The number of halogens is 2. The maximum absolute atomic E-state index is 12.1. The fourth-order valence-corrected chi connectivity index (χ4v) is 2.52. The van der Waals surface area contributed by atoms with E-state index >= 15 is 0 Å². The molecule has 0 saturated heterocycles. The first-order valence-electron chi connectivity index (χ1n) is 6.69. The Morgan fingerprint density at radius 2 is 2.09 bits per heavy atom. The highest BCUT2D eigenvalue weighted by molar-refractivity contribution is 9.10. The summed E-state index contributed by atoms with van der Waals surface area (Å²) < 4.78 is 0.962. The van der Waals surface area contributed by atoms with E-state index < -0.39 is 5.91 Å². The molecule has 2 N–H and O–H groups in total. The number of nitriles is 1. The lowest BCUT2D eigenvalue weighted by Gasteiger charge is -2.07. The number of nitrogens with one attached hydrogen (secondary N) is 2. The number of carbonyl (C=O) groups is 1. The summed E-state index contributed by atoms with van der Waals surface area (Å²) in [6.07, 6.45) is 1.39. The van der Waals surface area contributed by atoms with Gasteiger partial charge >= 0.3 is 0 Å². The molecule has 0 aliphatic heterocycles. The van der Waals surface area contributed by atoms with Gasteiger partial charge in [-0.15, -0.1) is 0 Å². The van der Waals surface area contributed by atoms with Gasteiger partial charge in [-0.1, -0.05) is 33.6 Å². The summed E-state index contributed by atoms with van der Waals surface area (Å²) in [5.41, 5.74) is 2.30. The van der Waals surface area contributed by atoms with Gasteiger partial charge in [-0.2, -0.15) is 5.26 Å². The van der Waals surface area contributed by atoms with Gasteiger partial charge in [0.25, 0.3) is 5.91 Å². The monoisotopic (exact) mass is 389 g/mol. The molecule has 0 fully saturated rings. The van der Waals surface area contributed by atoms with Gasteiger partial charge < -0.3 is 10.6 Å². The van der Waals surface area contributed by atoms with E-state index in [0.29, 0.717) is 10.7 Å². The Morgan fingerprint density at radius 3 is 2.74 bits per heavy atom. The van der Waals surface area contributed by atoms with Crippen LogP contribution in [0, 0.1) is 18.3 Å². The van der Waals surface area contributed by atoms with E-state index in [-0.39, 0.29) is 5.57 Å². The maximum Gasteiger partial charge on any atom is 0.267 e. The van der Waals surface area contributed by atoms with Crippen LogP contribution in [0.2, 0.25) is 5.02 Å². The Bertz CT molecular complexity index is 812. The van der Waals surface area contributed by atoms with E-state index in [1.807, 2.05) is 31.2 Å². The van der Waals surface area contributed by atoms with Gasteiger partial charge in [-0.3, -0.25) is 4.79 Å². The minimum absolute atomic E-state index is 0.0349. The van der Waals surface area contributed by atoms with E-state index in [4.69, 9.17) is 16.9 Å². The number of carbonyl (C=O) groups excluding carboxylic acids is 1. The molecule has 4 nitrogen and oxygen atoms in total. The van der Waals surface area contributed by atoms with Crippen molar-refractivity contribution in [2.24, 2.45) is 0 Å². The normalized spacial score (nSPS) is 10.8. The molecule has 0 spiro atoms. The fraction of sp³-hybridized carbons (Fsp3) is 0.0588. The topological polar surface area (TPSA) is 64.9 Å². The van der Waals surface area contributed by atoms with Gasteiger partial charge in [0.1, 0.15) is 11.6 Å². The van der Waals surface area contributed by atoms with Gasteiger partial charge in [-0.25, -0.2) is 0 Å². The molecule has 2 rings (SSSR count). The number of nitrogens with zero attached hydrogens (tertiary/aromatic N) is 1. The molecular weight excluding hydrogens is 378 g/mol. The second-order valence-electron chi connectivity index (χ2n) is 4.74. The Labute approximate surface area is 147 Å². The van der Waals surface area contributed by atoms with Crippen molar-refractivity contribution in [3.8, 4) is 6.07 Å². The SMILES string of the molecule is Cc1cc(Br)ccc1N/C=C(/C#N)C(=O)Nc1cccc(Cl)c1. The molecule has 0 unspecified atom stereocenters. The third kappa shape index (κ3) is 4.85. The van der Waals surface area contributed by atoms with Crippen LogP contribution < -0.4 is 10.6 Å². The van der Waals surface area contributed by atoms with Gasteiger partial charge in [-0.05, 0) is 48.9 Å². The van der Waals surface area contributed by atoms with Crippen molar-refractivity contribution in [2.75, 3.05) is 10.6 Å². The van der Waals surface area contributed by atoms with E-state index in [2.05, 4.69) is 26.6 Å². The van der Waals surface area contributed by atoms with E-state index in [1.54, 1.807) is 24.3 Å². The summed E-state index contributed by atoms with van der Waals surface area (Å²) in [7, 11) is 0. The number of hydrogen-bond donors (Lipinski definition) is 2. The molecule has 0 aliphatic carbocycles. The molecular formula is C17H13BrClN3O. The molecule has 0 bridgehead atoms. The lowest BCUT2D eigenvalue weighted by Crippen LogP contribution is -2.14. The van der Waals surface area contributed by atoms with Crippen LogP contribution in [0.4, 0.5) is 11.4 Å². The average Bonchev–Trinajstić information content (AvgIpc) is 2.49. The molecule has 0 heterocycles. The number of hydrogen-bond acceptors (Lipinski definition) is 3. The van der Waals surface area contributed by atoms with Crippen molar-refractivity contribution in [1.82, 2.24) is 0 Å². The van der Waals surface area contributed by atoms with Crippen LogP contribution in [-0.2, 0) is 4.79 Å². The third-order valence-corrected chi connectivity index (χ3v) is 3.74. The van der Waals surface area contributed by atoms with Crippen molar-refractivity contribution in [3.63, 3.8) is 0 Å². The van der Waals surface area contributed by atoms with Crippen LogP contribution >= 0.6 is 27.5 Å². The lowest BCUT2D eigenvalue weighted by molar-refractivity contribution is -0.112. The van der Waals surface area contributed by atoms with Crippen LogP contribution in [0.25, 0.3) is 0 Å². The predicted molar refractivity (Wildman–Crippen MR) is 96.3 cm³/mol. The van der Waals surface area contributed by atoms with E-state index in [9.17, 15) is 4.79 Å². The first-order chi connectivity index (χ1) is 11.0. The van der Waals surface area contributed by atoms with E-state index in [0.717, 1.165) is 15.7 Å². The van der Waals surface area contributed by atoms with Crippen LogP contribution in [0.15, 0.2) is 58.7 Å². The zero-order valence-electron chi connectivity index (χ0n) is 12.2.